The molecule has 0 aromatic heterocycles. The summed E-state index contributed by atoms with van der Waals surface area (Å²) in [5, 5.41) is 2.93. The highest BCUT2D eigenvalue weighted by atomic mass is 32.2. The molecular formula is C14H19NO4S. The van der Waals surface area contributed by atoms with Crippen LogP contribution in [0.3, 0.4) is 0 Å². The Kier molecular flexibility index (Phi) is 3.88. The molecule has 1 fully saturated rings. The Morgan fingerprint density at radius 2 is 1.85 bits per heavy atom. The van der Waals surface area contributed by atoms with Crippen molar-refractivity contribution >= 4 is 15.7 Å². The van der Waals surface area contributed by atoms with Crippen molar-refractivity contribution in [3.8, 4) is 0 Å². The molecule has 1 aromatic carbocycles. The fraction of sp³-hybridized carbons (Fsp3) is 0.500. The fourth-order valence-corrected chi connectivity index (χ4v) is 2.63. The molecule has 110 valence electrons. The van der Waals surface area contributed by atoms with Crippen LogP contribution in [-0.4, -0.2) is 33.8 Å². The van der Waals surface area contributed by atoms with Crippen LogP contribution in [0.1, 0.15) is 25.5 Å². The summed E-state index contributed by atoms with van der Waals surface area (Å²) in [5.74, 6) is -0.0385. The number of benzene rings is 1. The van der Waals surface area contributed by atoms with Crippen LogP contribution in [0, 0.1) is 5.41 Å². The van der Waals surface area contributed by atoms with Crippen molar-refractivity contribution < 1.29 is 17.9 Å². The van der Waals surface area contributed by atoms with Crippen LogP contribution >= 0.6 is 0 Å². The van der Waals surface area contributed by atoms with E-state index in [0.717, 1.165) is 5.56 Å². The molecule has 1 heterocycles. The van der Waals surface area contributed by atoms with E-state index >= 15 is 0 Å². The summed E-state index contributed by atoms with van der Waals surface area (Å²) < 4.78 is 27.8. The maximum Gasteiger partial charge on any atom is 0.231 e. The van der Waals surface area contributed by atoms with Crippen molar-refractivity contribution in [2.24, 2.45) is 5.41 Å². The molecule has 1 unspecified atom stereocenters. The molecule has 0 aliphatic carbocycles. The predicted molar refractivity (Wildman–Crippen MR) is 75.0 cm³/mol. The van der Waals surface area contributed by atoms with E-state index in [1.54, 1.807) is 24.3 Å². The first-order chi connectivity index (χ1) is 9.22. The predicted octanol–water partition coefficient (Wildman–Crippen LogP) is 1.30. The Balaban J connectivity index is 2.06. The lowest BCUT2D eigenvalue weighted by atomic mass is 9.87. The molecular weight excluding hydrogens is 278 g/mol. The van der Waals surface area contributed by atoms with Gasteiger partial charge in [-0.05, 0) is 31.5 Å². The van der Waals surface area contributed by atoms with E-state index in [-0.39, 0.29) is 16.8 Å². The first kappa shape index (κ1) is 15.0. The van der Waals surface area contributed by atoms with Crippen molar-refractivity contribution in [1.82, 2.24) is 5.32 Å². The average Bonchev–Trinajstić information content (AvgIpc) is 2.34. The molecule has 5 nitrogen and oxygen atoms in total. The second-order valence-corrected chi connectivity index (χ2v) is 7.61. The van der Waals surface area contributed by atoms with E-state index in [1.807, 2.05) is 13.8 Å². The lowest BCUT2D eigenvalue weighted by Crippen LogP contribution is -2.52. The third-order valence-corrected chi connectivity index (χ3v) is 4.67. The molecule has 20 heavy (non-hydrogen) atoms. The summed E-state index contributed by atoms with van der Waals surface area (Å²) >= 11 is 0. The van der Waals surface area contributed by atoms with Gasteiger partial charge in [0.15, 0.2) is 9.84 Å². The Hall–Kier alpha value is -1.40. The number of amides is 1. The third kappa shape index (κ3) is 3.02. The van der Waals surface area contributed by atoms with Crippen LogP contribution in [0.5, 0.6) is 0 Å². The van der Waals surface area contributed by atoms with E-state index in [1.165, 1.54) is 6.26 Å². The van der Waals surface area contributed by atoms with Gasteiger partial charge in [0, 0.05) is 6.26 Å². The molecule has 6 heteroatoms. The Bertz CT molecular complexity index is 603. The quantitative estimate of drug-likeness (QED) is 0.909. The molecule has 0 spiro atoms. The molecule has 1 aliphatic heterocycles. The topological polar surface area (TPSA) is 72.5 Å². The first-order valence-electron chi connectivity index (χ1n) is 6.41. The SMILES string of the molecule is CC(NC(=O)C1(C)COC1)c1ccc(S(C)(=O)=O)cc1. The van der Waals surface area contributed by atoms with Gasteiger partial charge < -0.3 is 10.1 Å². The zero-order valence-electron chi connectivity index (χ0n) is 11.8. The summed E-state index contributed by atoms with van der Waals surface area (Å²) in [4.78, 5) is 12.3. The van der Waals surface area contributed by atoms with Gasteiger partial charge in [0.2, 0.25) is 5.91 Å². The van der Waals surface area contributed by atoms with E-state index in [4.69, 9.17) is 4.74 Å². The summed E-state index contributed by atoms with van der Waals surface area (Å²) in [6, 6.07) is 6.39. The minimum absolute atomic E-state index is 0.0385. The van der Waals surface area contributed by atoms with Crippen molar-refractivity contribution in [2.75, 3.05) is 19.5 Å². The monoisotopic (exact) mass is 297 g/mol. The van der Waals surface area contributed by atoms with E-state index < -0.39 is 15.3 Å². The van der Waals surface area contributed by atoms with E-state index in [2.05, 4.69) is 5.32 Å². The van der Waals surface area contributed by atoms with Crippen molar-refractivity contribution in [2.45, 2.75) is 24.8 Å². The number of nitrogens with one attached hydrogen (secondary N) is 1. The minimum atomic E-state index is -3.19. The standard InChI is InChI=1S/C14H19NO4S/c1-10(15-13(16)14(2)8-19-9-14)11-4-6-12(7-5-11)20(3,17)18/h4-7,10H,8-9H2,1-3H3,(H,15,16). The van der Waals surface area contributed by atoms with Gasteiger partial charge in [-0.15, -0.1) is 0 Å². The number of carbonyl (C=O) groups is 1. The van der Waals surface area contributed by atoms with Crippen LogP contribution in [0.15, 0.2) is 29.2 Å². The molecule has 1 saturated heterocycles. The highest BCUT2D eigenvalue weighted by molar-refractivity contribution is 7.90. The molecule has 0 radical (unpaired) electrons. The van der Waals surface area contributed by atoms with Crippen molar-refractivity contribution in [1.29, 1.82) is 0 Å². The maximum atomic E-state index is 12.1. The van der Waals surface area contributed by atoms with E-state index in [9.17, 15) is 13.2 Å². The number of carbonyl (C=O) groups excluding carboxylic acids is 1. The summed E-state index contributed by atoms with van der Waals surface area (Å²) in [6.07, 6.45) is 1.17. The van der Waals surface area contributed by atoms with Crippen LogP contribution in [0.4, 0.5) is 0 Å². The molecule has 2 rings (SSSR count). The second-order valence-electron chi connectivity index (χ2n) is 5.59. The number of ether oxygens (including phenoxy) is 1. The minimum Gasteiger partial charge on any atom is -0.379 e. The summed E-state index contributed by atoms with van der Waals surface area (Å²) in [5.41, 5.74) is 0.426. The van der Waals surface area contributed by atoms with Gasteiger partial charge in [-0.2, -0.15) is 0 Å². The van der Waals surface area contributed by atoms with Crippen LogP contribution < -0.4 is 5.32 Å². The van der Waals surface area contributed by atoms with Crippen LogP contribution in [0.25, 0.3) is 0 Å². The largest absolute Gasteiger partial charge is 0.379 e. The summed E-state index contributed by atoms with van der Waals surface area (Å²) in [6.45, 7) is 4.62. The molecule has 0 bridgehead atoms. The van der Waals surface area contributed by atoms with Gasteiger partial charge >= 0.3 is 0 Å². The normalized spacial score (nSPS) is 18.9. The molecule has 1 aromatic rings. The smallest absolute Gasteiger partial charge is 0.231 e. The highest BCUT2D eigenvalue weighted by Gasteiger charge is 2.41. The number of hydrogen-bond acceptors (Lipinski definition) is 4. The van der Waals surface area contributed by atoms with Gasteiger partial charge in [0.25, 0.3) is 0 Å². The zero-order valence-corrected chi connectivity index (χ0v) is 12.7. The molecule has 1 aliphatic rings. The second kappa shape index (κ2) is 5.18. The first-order valence-corrected chi connectivity index (χ1v) is 8.30. The van der Waals surface area contributed by atoms with Gasteiger partial charge in [0.05, 0.1) is 29.6 Å². The molecule has 1 atom stereocenters. The number of hydrogen-bond donors (Lipinski definition) is 1. The average molecular weight is 297 g/mol. The van der Waals surface area contributed by atoms with Crippen LogP contribution in [-0.2, 0) is 19.4 Å². The summed E-state index contributed by atoms with van der Waals surface area (Å²) in [7, 11) is -3.19. The van der Waals surface area contributed by atoms with Crippen molar-refractivity contribution in [3.63, 3.8) is 0 Å². The lowest BCUT2D eigenvalue weighted by Gasteiger charge is -2.37. The number of rotatable bonds is 4. The molecule has 1 N–H and O–H groups in total. The van der Waals surface area contributed by atoms with Crippen LogP contribution in [0.2, 0.25) is 0 Å². The zero-order chi connectivity index (χ0) is 15.0. The van der Waals surface area contributed by atoms with Gasteiger partial charge in [-0.25, -0.2) is 8.42 Å². The highest BCUT2D eigenvalue weighted by Crippen LogP contribution is 2.28. The van der Waals surface area contributed by atoms with E-state index in [0.29, 0.717) is 13.2 Å². The molecule has 0 saturated carbocycles. The Morgan fingerprint density at radius 3 is 2.25 bits per heavy atom. The Labute approximate surface area is 119 Å². The number of sulfone groups is 1. The van der Waals surface area contributed by atoms with Gasteiger partial charge in [-0.1, -0.05) is 12.1 Å². The fourth-order valence-electron chi connectivity index (χ4n) is 2.00. The lowest BCUT2D eigenvalue weighted by molar-refractivity contribution is -0.158. The Morgan fingerprint density at radius 1 is 1.30 bits per heavy atom. The maximum absolute atomic E-state index is 12.1. The third-order valence-electron chi connectivity index (χ3n) is 3.55. The molecule has 1 amide bonds. The van der Waals surface area contributed by atoms with Crippen molar-refractivity contribution in [3.05, 3.63) is 29.8 Å². The van der Waals surface area contributed by atoms with Gasteiger partial charge in [-0.3, -0.25) is 4.79 Å². The van der Waals surface area contributed by atoms with Gasteiger partial charge in [0.1, 0.15) is 0 Å².